The zero-order chi connectivity index (χ0) is 26.6. The van der Waals surface area contributed by atoms with E-state index < -0.39 is 0 Å². The van der Waals surface area contributed by atoms with Crippen LogP contribution >= 0.6 is 11.3 Å². The minimum Gasteiger partial charge on any atom is -0.328 e. The molecule has 39 heavy (non-hydrogen) atoms. The van der Waals surface area contributed by atoms with Gasteiger partial charge in [-0.25, -0.2) is 0 Å². The van der Waals surface area contributed by atoms with Crippen molar-refractivity contribution >= 4 is 27.3 Å². The van der Waals surface area contributed by atoms with Crippen LogP contribution in [0.2, 0.25) is 0 Å². The molecule has 7 heteroatoms. The summed E-state index contributed by atoms with van der Waals surface area (Å²) >= 11 is 1.76. The molecule has 0 spiro atoms. The van der Waals surface area contributed by atoms with Crippen molar-refractivity contribution < 1.29 is 4.79 Å². The Morgan fingerprint density at radius 2 is 1.97 bits per heavy atom. The second kappa shape index (κ2) is 9.72. The number of pyridine rings is 1. The number of likely N-dealkylation sites (tertiary alicyclic amines) is 1. The molecule has 1 saturated heterocycles. The van der Waals surface area contributed by atoms with E-state index in [-0.39, 0.29) is 17.5 Å². The number of carbonyl (C=O) groups is 1. The fourth-order valence-electron chi connectivity index (χ4n) is 6.50. The largest absolute Gasteiger partial charge is 0.328 e. The molecular formula is C32H35N5OS. The molecule has 1 aromatic carbocycles. The highest BCUT2D eigenvalue weighted by Gasteiger charge is 2.42. The fraction of sp³-hybridized carbons (Fsp3) is 0.406. The van der Waals surface area contributed by atoms with Gasteiger partial charge >= 0.3 is 0 Å². The van der Waals surface area contributed by atoms with Crippen molar-refractivity contribution in [3.63, 3.8) is 0 Å². The Balaban J connectivity index is 1.24. The van der Waals surface area contributed by atoms with Crippen molar-refractivity contribution in [1.29, 1.82) is 0 Å². The monoisotopic (exact) mass is 537 g/mol. The SMILES string of the molecule is CC1(C)CCCN1C/C=C/C(=O)N1Cc2c(-c3ccncc3)c(-c3ccc4sccc4c3)nn2C[C@@H]1C1CC1. The Bertz CT molecular complexity index is 1550. The number of fused-ring (bicyclic) bond motifs is 2. The second-order valence-electron chi connectivity index (χ2n) is 11.9. The number of thiophene rings is 1. The third-order valence-corrected chi connectivity index (χ3v) is 9.84. The van der Waals surface area contributed by atoms with Crippen molar-refractivity contribution in [1.82, 2.24) is 24.6 Å². The summed E-state index contributed by atoms with van der Waals surface area (Å²) in [6.07, 6.45) is 12.4. The quantitative estimate of drug-likeness (QED) is 0.268. The summed E-state index contributed by atoms with van der Waals surface area (Å²) in [5.41, 5.74) is 5.63. The van der Waals surface area contributed by atoms with Gasteiger partial charge in [-0.05, 0) is 98.7 Å². The van der Waals surface area contributed by atoms with Crippen LogP contribution in [0.5, 0.6) is 0 Å². The van der Waals surface area contributed by atoms with Crippen LogP contribution in [-0.2, 0) is 17.9 Å². The zero-order valence-corrected chi connectivity index (χ0v) is 23.5. The first-order valence-corrected chi connectivity index (χ1v) is 15.1. The molecule has 0 unspecified atom stereocenters. The van der Waals surface area contributed by atoms with Crippen LogP contribution in [0.4, 0.5) is 0 Å². The standard InChI is InChI=1S/C32H35N5OS/c1-32(2)13-4-17-35(32)16-3-5-29(38)36-20-27-30(23-10-14-33-15-11-23)31(34-37(27)21-26(36)22-6-7-22)25-8-9-28-24(19-25)12-18-39-28/h3,5,8-12,14-15,18-19,22,26H,4,6-7,13,16-17,20-21H2,1-2H3/b5-3+/t26-/m1/s1. The minimum atomic E-state index is 0.123. The second-order valence-corrected chi connectivity index (χ2v) is 12.8. The van der Waals surface area contributed by atoms with E-state index in [1.807, 2.05) is 18.5 Å². The van der Waals surface area contributed by atoms with Crippen molar-refractivity contribution in [2.45, 2.75) is 64.2 Å². The number of amides is 1. The highest BCUT2D eigenvalue weighted by Crippen LogP contribution is 2.43. The van der Waals surface area contributed by atoms with Gasteiger partial charge in [0.25, 0.3) is 0 Å². The first-order valence-electron chi connectivity index (χ1n) is 14.2. The smallest absolute Gasteiger partial charge is 0.246 e. The summed E-state index contributed by atoms with van der Waals surface area (Å²) in [7, 11) is 0. The number of hydrogen-bond donors (Lipinski definition) is 0. The molecule has 1 atom stereocenters. The third kappa shape index (κ3) is 4.61. The molecule has 2 aliphatic heterocycles. The van der Waals surface area contributed by atoms with E-state index >= 15 is 0 Å². The maximum absolute atomic E-state index is 13.7. The lowest BCUT2D eigenvalue weighted by molar-refractivity contribution is -0.130. The van der Waals surface area contributed by atoms with Gasteiger partial charge in [-0.3, -0.25) is 19.4 Å². The molecule has 4 aromatic rings. The molecule has 3 aromatic heterocycles. The Hall–Kier alpha value is -3.29. The van der Waals surface area contributed by atoms with Gasteiger partial charge in [0.05, 0.1) is 24.8 Å². The van der Waals surface area contributed by atoms with Crippen molar-refractivity contribution in [2.75, 3.05) is 13.1 Å². The molecule has 1 amide bonds. The summed E-state index contributed by atoms with van der Waals surface area (Å²) in [4.78, 5) is 22.6. The highest BCUT2D eigenvalue weighted by molar-refractivity contribution is 7.17. The van der Waals surface area contributed by atoms with Crippen LogP contribution < -0.4 is 0 Å². The van der Waals surface area contributed by atoms with Crippen LogP contribution in [0, 0.1) is 5.92 Å². The Kier molecular flexibility index (Phi) is 6.16. The lowest BCUT2D eigenvalue weighted by atomic mass is 9.97. The maximum atomic E-state index is 13.7. The van der Waals surface area contributed by atoms with E-state index in [2.05, 4.69) is 81.2 Å². The molecule has 7 rings (SSSR count). The van der Waals surface area contributed by atoms with Crippen LogP contribution in [-0.4, -0.2) is 55.1 Å². The van der Waals surface area contributed by atoms with Crippen molar-refractivity contribution in [2.24, 2.45) is 5.92 Å². The van der Waals surface area contributed by atoms with Gasteiger partial charge in [-0.1, -0.05) is 12.1 Å². The van der Waals surface area contributed by atoms with Gasteiger partial charge in [0, 0.05) is 46.4 Å². The summed E-state index contributed by atoms with van der Waals surface area (Å²) in [5, 5.41) is 8.59. The number of carbonyl (C=O) groups excluding carboxylic acids is 1. The molecule has 6 nitrogen and oxygen atoms in total. The topological polar surface area (TPSA) is 54.3 Å². The lowest BCUT2D eigenvalue weighted by Crippen LogP contribution is -2.47. The normalized spacial score (nSPS) is 21.2. The molecule has 2 fully saturated rings. The molecule has 200 valence electrons. The Morgan fingerprint density at radius 3 is 2.74 bits per heavy atom. The van der Waals surface area contributed by atoms with Gasteiger partial charge in [0.15, 0.2) is 0 Å². The molecule has 5 heterocycles. The molecule has 0 radical (unpaired) electrons. The predicted octanol–water partition coefficient (Wildman–Crippen LogP) is 6.38. The van der Waals surface area contributed by atoms with Crippen molar-refractivity contribution in [3.05, 3.63) is 72.0 Å². The minimum absolute atomic E-state index is 0.123. The van der Waals surface area contributed by atoms with Crippen LogP contribution in [0.15, 0.2) is 66.3 Å². The van der Waals surface area contributed by atoms with E-state index in [9.17, 15) is 4.79 Å². The summed E-state index contributed by atoms with van der Waals surface area (Å²) < 4.78 is 3.47. The highest BCUT2D eigenvalue weighted by atomic mass is 32.1. The van der Waals surface area contributed by atoms with E-state index in [1.54, 1.807) is 11.3 Å². The van der Waals surface area contributed by atoms with Gasteiger partial charge in [0.1, 0.15) is 5.69 Å². The van der Waals surface area contributed by atoms with E-state index in [0.717, 1.165) is 47.7 Å². The maximum Gasteiger partial charge on any atom is 0.246 e. The van der Waals surface area contributed by atoms with Gasteiger partial charge in [-0.15, -0.1) is 11.3 Å². The third-order valence-electron chi connectivity index (χ3n) is 8.94. The molecule has 1 aliphatic carbocycles. The molecule has 3 aliphatic rings. The van der Waals surface area contributed by atoms with Crippen LogP contribution in [0.25, 0.3) is 32.5 Å². The summed E-state index contributed by atoms with van der Waals surface area (Å²) in [6.45, 7) is 7.87. The van der Waals surface area contributed by atoms with E-state index in [4.69, 9.17) is 5.10 Å². The van der Waals surface area contributed by atoms with Crippen LogP contribution in [0.3, 0.4) is 0 Å². The summed E-state index contributed by atoms with van der Waals surface area (Å²) in [6, 6.07) is 13.1. The molecular weight excluding hydrogens is 502 g/mol. The first kappa shape index (κ1) is 24.7. The van der Waals surface area contributed by atoms with Gasteiger partial charge in [0.2, 0.25) is 5.91 Å². The van der Waals surface area contributed by atoms with Gasteiger partial charge < -0.3 is 4.90 Å². The number of rotatable bonds is 6. The fourth-order valence-corrected chi connectivity index (χ4v) is 7.28. The average Bonchev–Trinajstić information content (AvgIpc) is 3.41. The van der Waals surface area contributed by atoms with Crippen molar-refractivity contribution in [3.8, 4) is 22.4 Å². The number of hydrogen-bond acceptors (Lipinski definition) is 5. The predicted molar refractivity (Wildman–Crippen MR) is 157 cm³/mol. The van der Waals surface area contributed by atoms with Gasteiger partial charge in [-0.2, -0.15) is 5.10 Å². The zero-order valence-electron chi connectivity index (χ0n) is 22.7. The summed E-state index contributed by atoms with van der Waals surface area (Å²) in [5.74, 6) is 0.686. The van der Waals surface area contributed by atoms with E-state index in [1.165, 1.54) is 35.8 Å². The Morgan fingerprint density at radius 1 is 1.13 bits per heavy atom. The molecule has 0 N–H and O–H groups in total. The number of aromatic nitrogens is 3. The Labute approximate surface area is 234 Å². The van der Waals surface area contributed by atoms with E-state index in [0.29, 0.717) is 12.5 Å². The van der Waals surface area contributed by atoms with Crippen LogP contribution in [0.1, 0.15) is 45.2 Å². The molecule has 1 saturated carbocycles. The lowest BCUT2D eigenvalue weighted by Gasteiger charge is -2.36. The number of nitrogens with zero attached hydrogens (tertiary/aromatic N) is 5. The number of benzene rings is 1. The first-order chi connectivity index (χ1) is 19.0. The molecule has 0 bridgehead atoms. The average molecular weight is 538 g/mol.